The van der Waals surface area contributed by atoms with E-state index in [-0.39, 0.29) is 6.03 Å². The van der Waals surface area contributed by atoms with E-state index in [1.165, 1.54) is 18.4 Å². The molecule has 1 aliphatic heterocycles. The fourth-order valence-corrected chi connectivity index (χ4v) is 3.24. The lowest BCUT2D eigenvalue weighted by molar-refractivity contribution is 0.208. The van der Waals surface area contributed by atoms with Gasteiger partial charge < -0.3 is 15.1 Å². The van der Waals surface area contributed by atoms with Crippen LogP contribution in [0.25, 0.3) is 0 Å². The minimum absolute atomic E-state index is 0.0587. The summed E-state index contributed by atoms with van der Waals surface area (Å²) in [4.78, 5) is 20.8. The number of carbonyl (C=O) groups excluding carboxylic acids is 1. The standard InChI is InChI=1S/C20H21N5O/c21-13-15-1-8-19(22-14-15)24-9-11-25(12-10-24)20(26)23-18-6-4-17(5-7-18)16-2-3-16/h1,4-8,14,16H,2-3,9-12H2,(H,23,26). The Morgan fingerprint density at radius 1 is 1.08 bits per heavy atom. The number of aromatic nitrogens is 1. The van der Waals surface area contributed by atoms with Crippen molar-refractivity contribution in [2.45, 2.75) is 18.8 Å². The maximum absolute atomic E-state index is 12.5. The summed E-state index contributed by atoms with van der Waals surface area (Å²) in [6, 6.07) is 13.8. The molecule has 6 nitrogen and oxygen atoms in total. The molecule has 1 aromatic carbocycles. The van der Waals surface area contributed by atoms with Gasteiger partial charge in [-0.1, -0.05) is 12.1 Å². The summed E-state index contributed by atoms with van der Waals surface area (Å²) in [5, 5.41) is 11.8. The molecule has 1 aromatic heterocycles. The number of nitrogens with zero attached hydrogens (tertiary/aromatic N) is 4. The first-order valence-corrected chi connectivity index (χ1v) is 9.00. The third-order valence-electron chi connectivity index (χ3n) is 4.98. The maximum atomic E-state index is 12.5. The lowest BCUT2D eigenvalue weighted by atomic mass is 10.1. The summed E-state index contributed by atoms with van der Waals surface area (Å²) < 4.78 is 0. The van der Waals surface area contributed by atoms with Crippen LogP contribution in [0.4, 0.5) is 16.3 Å². The van der Waals surface area contributed by atoms with Gasteiger partial charge in [0.25, 0.3) is 0 Å². The van der Waals surface area contributed by atoms with Crippen molar-refractivity contribution in [3.8, 4) is 6.07 Å². The number of nitrogens with one attached hydrogen (secondary N) is 1. The van der Waals surface area contributed by atoms with E-state index in [9.17, 15) is 4.79 Å². The lowest BCUT2D eigenvalue weighted by Gasteiger charge is -2.35. The van der Waals surface area contributed by atoms with E-state index in [0.717, 1.165) is 30.5 Å². The Bertz CT molecular complexity index is 813. The quantitative estimate of drug-likeness (QED) is 0.925. The molecule has 132 valence electrons. The molecule has 0 spiro atoms. The van der Waals surface area contributed by atoms with Crippen molar-refractivity contribution in [1.82, 2.24) is 9.88 Å². The molecular formula is C20H21N5O. The Morgan fingerprint density at radius 2 is 1.81 bits per heavy atom. The molecule has 2 amide bonds. The Labute approximate surface area is 153 Å². The Morgan fingerprint density at radius 3 is 2.38 bits per heavy atom. The van der Waals surface area contributed by atoms with Gasteiger partial charge in [-0.15, -0.1) is 0 Å². The van der Waals surface area contributed by atoms with E-state index in [0.29, 0.717) is 18.7 Å². The molecule has 6 heteroatoms. The van der Waals surface area contributed by atoms with Gasteiger partial charge in [-0.3, -0.25) is 0 Å². The Balaban J connectivity index is 1.30. The van der Waals surface area contributed by atoms with Crippen LogP contribution < -0.4 is 10.2 Å². The van der Waals surface area contributed by atoms with Crippen LogP contribution in [-0.4, -0.2) is 42.1 Å². The summed E-state index contributed by atoms with van der Waals surface area (Å²) in [6.45, 7) is 2.75. The summed E-state index contributed by atoms with van der Waals surface area (Å²) in [5.41, 5.74) is 2.77. The van der Waals surface area contributed by atoms with E-state index in [2.05, 4.69) is 33.4 Å². The van der Waals surface area contributed by atoms with Crippen LogP contribution in [0.15, 0.2) is 42.6 Å². The highest BCUT2D eigenvalue weighted by atomic mass is 16.2. The molecule has 1 saturated carbocycles. The number of piperazine rings is 1. The van der Waals surface area contributed by atoms with Crippen molar-refractivity contribution >= 4 is 17.5 Å². The second-order valence-corrected chi connectivity index (χ2v) is 6.82. The van der Waals surface area contributed by atoms with Gasteiger partial charge >= 0.3 is 6.03 Å². The molecule has 2 aromatic rings. The minimum atomic E-state index is -0.0587. The van der Waals surface area contributed by atoms with E-state index in [4.69, 9.17) is 5.26 Å². The van der Waals surface area contributed by atoms with Crippen LogP contribution in [0.5, 0.6) is 0 Å². The van der Waals surface area contributed by atoms with Gasteiger partial charge in [0.2, 0.25) is 0 Å². The number of hydrogen-bond acceptors (Lipinski definition) is 4. The zero-order chi connectivity index (χ0) is 17.9. The predicted molar refractivity (Wildman–Crippen MR) is 100 cm³/mol. The zero-order valence-corrected chi connectivity index (χ0v) is 14.6. The highest BCUT2D eigenvalue weighted by Crippen LogP contribution is 2.40. The fourth-order valence-electron chi connectivity index (χ4n) is 3.24. The molecule has 0 radical (unpaired) electrons. The molecule has 26 heavy (non-hydrogen) atoms. The van der Waals surface area contributed by atoms with Crippen LogP contribution in [0.1, 0.15) is 29.9 Å². The summed E-state index contributed by atoms with van der Waals surface area (Å²) in [7, 11) is 0. The van der Waals surface area contributed by atoms with E-state index >= 15 is 0 Å². The molecule has 2 aliphatic rings. The third kappa shape index (κ3) is 3.62. The number of rotatable bonds is 3. The first-order valence-electron chi connectivity index (χ1n) is 9.00. The Hall–Kier alpha value is -3.07. The van der Waals surface area contributed by atoms with Crippen LogP contribution in [-0.2, 0) is 0 Å². The van der Waals surface area contributed by atoms with Crippen molar-refractivity contribution in [2.75, 3.05) is 36.4 Å². The van der Waals surface area contributed by atoms with Gasteiger partial charge in [-0.25, -0.2) is 9.78 Å². The van der Waals surface area contributed by atoms with Gasteiger partial charge in [0.1, 0.15) is 11.9 Å². The first kappa shape index (κ1) is 16.4. The monoisotopic (exact) mass is 347 g/mol. The largest absolute Gasteiger partial charge is 0.353 e. The van der Waals surface area contributed by atoms with Gasteiger partial charge in [0, 0.05) is 38.1 Å². The van der Waals surface area contributed by atoms with E-state index in [1.807, 2.05) is 23.1 Å². The van der Waals surface area contributed by atoms with Gasteiger partial charge in [0.05, 0.1) is 5.56 Å². The topological polar surface area (TPSA) is 72.3 Å². The number of hydrogen-bond donors (Lipinski definition) is 1. The van der Waals surface area contributed by atoms with Crippen molar-refractivity contribution in [1.29, 1.82) is 5.26 Å². The molecule has 1 saturated heterocycles. The molecule has 4 rings (SSSR count). The smallest absolute Gasteiger partial charge is 0.321 e. The van der Waals surface area contributed by atoms with Crippen LogP contribution in [0, 0.1) is 11.3 Å². The minimum Gasteiger partial charge on any atom is -0.353 e. The molecule has 1 N–H and O–H groups in total. The molecule has 0 unspecified atom stereocenters. The maximum Gasteiger partial charge on any atom is 0.321 e. The number of nitriles is 1. The first-order chi connectivity index (χ1) is 12.7. The van der Waals surface area contributed by atoms with Gasteiger partial charge in [0.15, 0.2) is 0 Å². The third-order valence-corrected chi connectivity index (χ3v) is 4.98. The van der Waals surface area contributed by atoms with Gasteiger partial charge in [-0.05, 0) is 48.6 Å². The molecule has 0 bridgehead atoms. The summed E-state index contributed by atoms with van der Waals surface area (Å²) in [5.74, 6) is 1.57. The van der Waals surface area contributed by atoms with Crippen molar-refractivity contribution in [2.24, 2.45) is 0 Å². The van der Waals surface area contributed by atoms with Crippen molar-refractivity contribution < 1.29 is 4.79 Å². The molecule has 2 fully saturated rings. The van der Waals surface area contributed by atoms with Crippen molar-refractivity contribution in [3.63, 3.8) is 0 Å². The van der Waals surface area contributed by atoms with Crippen LogP contribution >= 0.6 is 0 Å². The number of anilines is 2. The van der Waals surface area contributed by atoms with E-state index in [1.54, 1.807) is 12.3 Å². The normalized spacial score (nSPS) is 16.9. The van der Waals surface area contributed by atoms with E-state index < -0.39 is 0 Å². The summed E-state index contributed by atoms with van der Waals surface area (Å²) in [6.07, 6.45) is 4.15. The van der Waals surface area contributed by atoms with Crippen molar-refractivity contribution in [3.05, 3.63) is 53.7 Å². The fraction of sp³-hybridized carbons (Fsp3) is 0.350. The number of pyridine rings is 1. The SMILES string of the molecule is N#Cc1ccc(N2CCN(C(=O)Nc3ccc(C4CC4)cc3)CC2)nc1. The molecule has 1 aliphatic carbocycles. The highest BCUT2D eigenvalue weighted by Gasteiger charge is 2.24. The second-order valence-electron chi connectivity index (χ2n) is 6.82. The van der Waals surface area contributed by atoms with Crippen LogP contribution in [0.2, 0.25) is 0 Å². The predicted octanol–water partition coefficient (Wildman–Crippen LogP) is 3.18. The number of carbonyl (C=O) groups is 1. The highest BCUT2D eigenvalue weighted by molar-refractivity contribution is 5.89. The number of urea groups is 1. The zero-order valence-electron chi connectivity index (χ0n) is 14.6. The van der Waals surface area contributed by atoms with Gasteiger partial charge in [-0.2, -0.15) is 5.26 Å². The molecular weight excluding hydrogens is 326 g/mol. The van der Waals surface area contributed by atoms with Crippen LogP contribution in [0.3, 0.4) is 0 Å². The number of benzene rings is 1. The average Bonchev–Trinajstić information content (AvgIpc) is 3.54. The number of amides is 2. The second kappa shape index (κ2) is 7.04. The molecule has 0 atom stereocenters. The Kier molecular flexibility index (Phi) is 4.44. The lowest BCUT2D eigenvalue weighted by Crippen LogP contribution is -2.50. The average molecular weight is 347 g/mol. The summed E-state index contributed by atoms with van der Waals surface area (Å²) >= 11 is 0. The molecule has 2 heterocycles.